The molecule has 3 heteroatoms. The molecule has 0 aliphatic carbocycles. The summed E-state index contributed by atoms with van der Waals surface area (Å²) >= 11 is 0. The molecule has 3 rings (SSSR count). The van der Waals surface area contributed by atoms with Gasteiger partial charge in [-0.05, 0) is 55.1 Å². The van der Waals surface area contributed by atoms with Crippen molar-refractivity contribution in [1.29, 1.82) is 0 Å². The van der Waals surface area contributed by atoms with E-state index in [-0.39, 0.29) is 5.91 Å². The van der Waals surface area contributed by atoms with Crippen LogP contribution in [0.3, 0.4) is 0 Å². The Balaban J connectivity index is 1.58. The van der Waals surface area contributed by atoms with E-state index in [9.17, 15) is 4.79 Å². The molecule has 1 fully saturated rings. The molecule has 0 bridgehead atoms. The van der Waals surface area contributed by atoms with E-state index in [1.807, 2.05) is 31.2 Å². The van der Waals surface area contributed by atoms with Crippen LogP contribution in [-0.4, -0.2) is 23.9 Å². The average molecular weight is 322 g/mol. The summed E-state index contributed by atoms with van der Waals surface area (Å²) in [5.41, 5.74) is 4.82. The van der Waals surface area contributed by atoms with Crippen LogP contribution in [0.25, 0.3) is 0 Å². The summed E-state index contributed by atoms with van der Waals surface area (Å²) in [5.74, 6) is 0.0836. The first-order valence-corrected chi connectivity index (χ1v) is 8.83. The minimum absolute atomic E-state index is 0.0836. The number of nitrogens with zero attached hydrogens (tertiary/aromatic N) is 1. The van der Waals surface area contributed by atoms with Gasteiger partial charge in [-0.1, -0.05) is 48.5 Å². The highest BCUT2D eigenvalue weighted by molar-refractivity contribution is 5.78. The topological polar surface area (TPSA) is 32.3 Å². The van der Waals surface area contributed by atoms with Crippen molar-refractivity contribution in [2.45, 2.75) is 39.3 Å². The van der Waals surface area contributed by atoms with E-state index in [4.69, 9.17) is 0 Å². The number of hydrogen-bond acceptors (Lipinski definition) is 2. The number of benzene rings is 2. The van der Waals surface area contributed by atoms with Crippen molar-refractivity contribution in [3.8, 4) is 0 Å². The number of rotatable bonds is 6. The highest BCUT2D eigenvalue weighted by Crippen LogP contribution is 2.16. The summed E-state index contributed by atoms with van der Waals surface area (Å²) in [4.78, 5) is 14.8. The number of carbonyl (C=O) groups is 1. The summed E-state index contributed by atoms with van der Waals surface area (Å²) in [6, 6.07) is 16.5. The Bertz CT molecular complexity index is 690. The van der Waals surface area contributed by atoms with E-state index in [2.05, 4.69) is 34.5 Å². The van der Waals surface area contributed by atoms with Crippen molar-refractivity contribution in [2.24, 2.45) is 0 Å². The van der Waals surface area contributed by atoms with Crippen LogP contribution >= 0.6 is 0 Å². The Morgan fingerprint density at radius 2 is 1.58 bits per heavy atom. The van der Waals surface area contributed by atoms with Gasteiger partial charge in [-0.15, -0.1) is 0 Å². The summed E-state index contributed by atoms with van der Waals surface area (Å²) in [6.45, 7) is 6.02. The number of aryl methyl sites for hydroxylation is 1. The SMILES string of the molecule is Cc1ccccc1CC(=O)NCc1ccccc1CN1CCCC1. The van der Waals surface area contributed by atoms with Gasteiger partial charge in [0.15, 0.2) is 0 Å². The molecule has 0 unspecified atom stereocenters. The fraction of sp³-hybridized carbons (Fsp3) is 0.381. The Morgan fingerprint density at radius 1 is 0.958 bits per heavy atom. The molecule has 2 aromatic carbocycles. The Labute approximate surface area is 144 Å². The fourth-order valence-corrected chi connectivity index (χ4v) is 3.30. The number of likely N-dealkylation sites (tertiary alicyclic amines) is 1. The number of hydrogen-bond donors (Lipinski definition) is 1. The highest BCUT2D eigenvalue weighted by atomic mass is 16.1. The van der Waals surface area contributed by atoms with Gasteiger partial charge in [0, 0.05) is 13.1 Å². The maximum Gasteiger partial charge on any atom is 0.224 e. The first kappa shape index (κ1) is 16.7. The highest BCUT2D eigenvalue weighted by Gasteiger charge is 2.14. The van der Waals surface area contributed by atoms with Crippen molar-refractivity contribution in [1.82, 2.24) is 10.2 Å². The molecule has 126 valence electrons. The molecule has 1 amide bonds. The van der Waals surface area contributed by atoms with Gasteiger partial charge in [0.05, 0.1) is 6.42 Å². The van der Waals surface area contributed by atoms with E-state index in [1.165, 1.54) is 42.6 Å². The number of carbonyl (C=O) groups excluding carboxylic acids is 1. The standard InChI is InChI=1S/C21H26N2O/c1-17-8-2-3-9-18(17)14-21(24)22-15-19-10-4-5-11-20(19)16-23-12-6-7-13-23/h2-5,8-11H,6-7,12-16H2,1H3,(H,22,24). The van der Waals surface area contributed by atoms with Crippen molar-refractivity contribution < 1.29 is 4.79 Å². The Morgan fingerprint density at radius 3 is 2.29 bits per heavy atom. The lowest BCUT2D eigenvalue weighted by Crippen LogP contribution is -2.26. The van der Waals surface area contributed by atoms with Gasteiger partial charge in [0.1, 0.15) is 0 Å². The van der Waals surface area contributed by atoms with E-state index < -0.39 is 0 Å². The molecule has 1 aliphatic heterocycles. The van der Waals surface area contributed by atoms with Crippen LogP contribution in [0.5, 0.6) is 0 Å². The summed E-state index contributed by atoms with van der Waals surface area (Å²) in [7, 11) is 0. The molecule has 1 N–H and O–H groups in total. The second kappa shape index (κ2) is 8.11. The molecule has 0 aromatic heterocycles. The predicted molar refractivity (Wildman–Crippen MR) is 97.7 cm³/mol. The van der Waals surface area contributed by atoms with Crippen LogP contribution in [0.1, 0.15) is 35.1 Å². The molecule has 24 heavy (non-hydrogen) atoms. The van der Waals surface area contributed by atoms with Crippen LogP contribution in [-0.2, 0) is 24.3 Å². The molecule has 1 heterocycles. The molecule has 0 radical (unpaired) electrons. The van der Waals surface area contributed by atoms with Crippen molar-refractivity contribution >= 4 is 5.91 Å². The van der Waals surface area contributed by atoms with E-state index in [0.29, 0.717) is 13.0 Å². The first-order valence-electron chi connectivity index (χ1n) is 8.83. The maximum absolute atomic E-state index is 12.3. The average Bonchev–Trinajstić information content (AvgIpc) is 3.09. The van der Waals surface area contributed by atoms with Crippen LogP contribution in [0.2, 0.25) is 0 Å². The lowest BCUT2D eigenvalue weighted by molar-refractivity contribution is -0.120. The van der Waals surface area contributed by atoms with Crippen LogP contribution in [0.4, 0.5) is 0 Å². The Kier molecular flexibility index (Phi) is 5.65. The van der Waals surface area contributed by atoms with E-state index >= 15 is 0 Å². The lowest BCUT2D eigenvalue weighted by atomic mass is 10.0. The fourth-order valence-electron chi connectivity index (χ4n) is 3.30. The zero-order valence-electron chi connectivity index (χ0n) is 14.4. The van der Waals surface area contributed by atoms with Gasteiger partial charge in [-0.3, -0.25) is 9.69 Å². The van der Waals surface area contributed by atoms with Crippen molar-refractivity contribution in [2.75, 3.05) is 13.1 Å². The second-order valence-corrected chi connectivity index (χ2v) is 6.63. The van der Waals surface area contributed by atoms with E-state index in [0.717, 1.165) is 12.1 Å². The Hall–Kier alpha value is -2.13. The summed E-state index contributed by atoms with van der Waals surface area (Å²) in [5, 5.41) is 3.08. The minimum atomic E-state index is 0.0836. The van der Waals surface area contributed by atoms with Gasteiger partial charge >= 0.3 is 0 Å². The molecular formula is C21H26N2O. The largest absolute Gasteiger partial charge is 0.352 e. The molecule has 3 nitrogen and oxygen atoms in total. The van der Waals surface area contributed by atoms with Gasteiger partial charge in [-0.2, -0.15) is 0 Å². The van der Waals surface area contributed by atoms with Crippen molar-refractivity contribution in [3.63, 3.8) is 0 Å². The molecule has 1 aliphatic rings. The molecule has 0 atom stereocenters. The molecule has 1 saturated heterocycles. The monoisotopic (exact) mass is 322 g/mol. The van der Waals surface area contributed by atoms with E-state index in [1.54, 1.807) is 0 Å². The van der Waals surface area contributed by atoms with Gasteiger partial charge < -0.3 is 5.32 Å². The normalized spacial score (nSPS) is 14.7. The molecule has 0 saturated carbocycles. The third kappa shape index (κ3) is 4.45. The molecular weight excluding hydrogens is 296 g/mol. The third-order valence-corrected chi connectivity index (χ3v) is 4.80. The van der Waals surface area contributed by atoms with Gasteiger partial charge in [0.2, 0.25) is 5.91 Å². The second-order valence-electron chi connectivity index (χ2n) is 6.63. The summed E-state index contributed by atoms with van der Waals surface area (Å²) in [6.07, 6.45) is 3.05. The first-order chi connectivity index (χ1) is 11.7. The number of nitrogens with one attached hydrogen (secondary N) is 1. The van der Waals surface area contributed by atoms with Crippen LogP contribution < -0.4 is 5.32 Å². The predicted octanol–water partition coefficient (Wildman–Crippen LogP) is 3.45. The minimum Gasteiger partial charge on any atom is -0.352 e. The number of amides is 1. The zero-order chi connectivity index (χ0) is 16.8. The van der Waals surface area contributed by atoms with Crippen LogP contribution in [0, 0.1) is 6.92 Å². The van der Waals surface area contributed by atoms with Crippen molar-refractivity contribution in [3.05, 3.63) is 70.8 Å². The third-order valence-electron chi connectivity index (χ3n) is 4.80. The van der Waals surface area contributed by atoms with Gasteiger partial charge in [0.25, 0.3) is 0 Å². The zero-order valence-corrected chi connectivity index (χ0v) is 14.4. The molecule has 0 spiro atoms. The smallest absolute Gasteiger partial charge is 0.224 e. The van der Waals surface area contributed by atoms with Crippen LogP contribution in [0.15, 0.2) is 48.5 Å². The van der Waals surface area contributed by atoms with Gasteiger partial charge in [-0.25, -0.2) is 0 Å². The maximum atomic E-state index is 12.3. The quantitative estimate of drug-likeness (QED) is 0.883. The summed E-state index contributed by atoms with van der Waals surface area (Å²) < 4.78 is 0. The molecule has 2 aromatic rings. The lowest BCUT2D eigenvalue weighted by Gasteiger charge is -2.17.